The molecule has 0 spiro atoms. The molecule has 6 heteroatoms. The summed E-state index contributed by atoms with van der Waals surface area (Å²) in [6.07, 6.45) is 1.47. The molecule has 2 N–H and O–H groups in total. The van der Waals surface area contributed by atoms with E-state index < -0.39 is 5.60 Å². The first-order valence-corrected chi connectivity index (χ1v) is 10.7. The molecule has 1 aromatic heterocycles. The molecular formula is C25H29N3O3. The van der Waals surface area contributed by atoms with Crippen molar-refractivity contribution in [3.8, 4) is 11.1 Å². The van der Waals surface area contributed by atoms with Crippen molar-refractivity contribution >= 4 is 22.9 Å². The zero-order chi connectivity index (χ0) is 22.2. The first-order valence-electron chi connectivity index (χ1n) is 10.7. The Bertz CT molecular complexity index is 1110. The second-order valence-electron chi connectivity index (χ2n) is 8.99. The molecular weight excluding hydrogens is 390 g/mol. The van der Waals surface area contributed by atoms with Gasteiger partial charge in [0.15, 0.2) is 0 Å². The van der Waals surface area contributed by atoms with E-state index in [9.17, 15) is 9.59 Å². The maximum absolute atomic E-state index is 12.7. The minimum Gasteiger partial charge on any atom is -0.444 e. The lowest BCUT2D eigenvalue weighted by molar-refractivity contribution is 0.0222. The molecule has 2 amide bonds. The predicted molar refractivity (Wildman–Crippen MR) is 122 cm³/mol. The number of nitrogens with one attached hydrogen (secondary N) is 2. The molecule has 1 aliphatic heterocycles. The van der Waals surface area contributed by atoms with Gasteiger partial charge in [0.05, 0.1) is 6.04 Å². The Balaban J connectivity index is 1.76. The number of fused-ring (bicyclic) bond motifs is 1. The summed E-state index contributed by atoms with van der Waals surface area (Å²) in [5.74, 6) is -0.135. The number of likely N-dealkylation sites (tertiary alicyclic amines) is 1. The third-order valence-electron chi connectivity index (χ3n) is 5.58. The average Bonchev–Trinajstić information content (AvgIpc) is 3.38. The molecule has 162 valence electrons. The van der Waals surface area contributed by atoms with Crippen molar-refractivity contribution in [2.24, 2.45) is 0 Å². The van der Waals surface area contributed by atoms with Crippen LogP contribution in [-0.2, 0) is 4.74 Å². The van der Waals surface area contributed by atoms with Gasteiger partial charge < -0.3 is 15.0 Å². The van der Waals surface area contributed by atoms with Crippen molar-refractivity contribution < 1.29 is 14.3 Å². The molecule has 1 aliphatic rings. The zero-order valence-corrected chi connectivity index (χ0v) is 18.5. The standard InChI is InChI=1S/C25H29N3O3/c1-25(2,3)31-24(30)28-12-8-11-22(28)21-15-18-19(23(29)26-4)13-17(14-20(18)27-21)16-9-6-5-7-10-16/h5-7,9-10,13-15,22,27H,8,11-12H2,1-4H3,(H,26,29)/t22-/m0/s1. The van der Waals surface area contributed by atoms with Gasteiger partial charge in [-0.25, -0.2) is 4.79 Å². The summed E-state index contributed by atoms with van der Waals surface area (Å²) >= 11 is 0. The van der Waals surface area contributed by atoms with E-state index in [1.54, 1.807) is 11.9 Å². The van der Waals surface area contributed by atoms with Crippen molar-refractivity contribution in [1.82, 2.24) is 15.2 Å². The monoisotopic (exact) mass is 419 g/mol. The summed E-state index contributed by atoms with van der Waals surface area (Å²) in [6.45, 7) is 6.28. The number of amides is 2. The Morgan fingerprint density at radius 2 is 1.84 bits per heavy atom. The van der Waals surface area contributed by atoms with Crippen molar-refractivity contribution in [2.75, 3.05) is 13.6 Å². The number of rotatable bonds is 3. The van der Waals surface area contributed by atoms with Gasteiger partial charge in [-0.1, -0.05) is 30.3 Å². The summed E-state index contributed by atoms with van der Waals surface area (Å²) in [6, 6.07) is 15.9. The van der Waals surface area contributed by atoms with Crippen LogP contribution in [0.3, 0.4) is 0 Å². The summed E-state index contributed by atoms with van der Waals surface area (Å²) in [7, 11) is 1.64. The first kappa shape index (κ1) is 21.0. The molecule has 1 fully saturated rings. The lowest BCUT2D eigenvalue weighted by Crippen LogP contribution is -2.36. The minimum absolute atomic E-state index is 0.0973. The SMILES string of the molecule is CNC(=O)c1cc(-c2ccccc2)cc2[nH]c([C@@H]3CCCN3C(=O)OC(C)(C)C)cc12. The molecule has 3 aromatic rings. The molecule has 31 heavy (non-hydrogen) atoms. The number of aromatic nitrogens is 1. The van der Waals surface area contributed by atoms with Crippen LogP contribution in [0.15, 0.2) is 48.5 Å². The molecule has 0 unspecified atom stereocenters. The van der Waals surface area contributed by atoms with E-state index in [-0.39, 0.29) is 18.0 Å². The van der Waals surface area contributed by atoms with E-state index in [1.807, 2.05) is 63.2 Å². The van der Waals surface area contributed by atoms with E-state index in [1.165, 1.54) is 0 Å². The van der Waals surface area contributed by atoms with Gasteiger partial charge in [-0.2, -0.15) is 0 Å². The van der Waals surface area contributed by atoms with E-state index in [0.717, 1.165) is 40.6 Å². The van der Waals surface area contributed by atoms with Crippen LogP contribution in [0.5, 0.6) is 0 Å². The van der Waals surface area contributed by atoms with Crippen molar-refractivity contribution in [2.45, 2.75) is 45.3 Å². The molecule has 0 bridgehead atoms. The molecule has 0 saturated carbocycles. The Morgan fingerprint density at radius 3 is 2.52 bits per heavy atom. The van der Waals surface area contributed by atoms with Crippen LogP contribution < -0.4 is 5.32 Å². The van der Waals surface area contributed by atoms with Crippen LogP contribution >= 0.6 is 0 Å². The van der Waals surface area contributed by atoms with E-state index >= 15 is 0 Å². The third-order valence-corrected chi connectivity index (χ3v) is 5.58. The van der Waals surface area contributed by atoms with Crippen LogP contribution in [0.1, 0.15) is 55.7 Å². The van der Waals surface area contributed by atoms with Crippen LogP contribution in [0.4, 0.5) is 4.79 Å². The highest BCUT2D eigenvalue weighted by Gasteiger charge is 2.34. The van der Waals surface area contributed by atoms with Gasteiger partial charge in [0.1, 0.15) is 5.60 Å². The van der Waals surface area contributed by atoms with Gasteiger partial charge in [0.25, 0.3) is 5.91 Å². The maximum atomic E-state index is 12.7. The van der Waals surface area contributed by atoms with Gasteiger partial charge in [-0.3, -0.25) is 9.69 Å². The number of benzene rings is 2. The number of hydrogen-bond acceptors (Lipinski definition) is 3. The number of carbonyl (C=O) groups is 2. The van der Waals surface area contributed by atoms with Crippen LogP contribution in [0.2, 0.25) is 0 Å². The van der Waals surface area contributed by atoms with Crippen molar-refractivity contribution in [1.29, 1.82) is 0 Å². The Labute approximate surface area is 182 Å². The molecule has 1 saturated heterocycles. The summed E-state index contributed by atoms with van der Waals surface area (Å²) in [4.78, 5) is 30.7. The maximum Gasteiger partial charge on any atom is 0.410 e. The second kappa shape index (κ2) is 8.10. The lowest BCUT2D eigenvalue weighted by Gasteiger charge is -2.28. The Kier molecular flexibility index (Phi) is 5.48. The quantitative estimate of drug-likeness (QED) is 0.608. The molecule has 0 aliphatic carbocycles. The number of carbonyl (C=O) groups excluding carboxylic acids is 2. The Hall–Kier alpha value is -3.28. The number of hydrogen-bond donors (Lipinski definition) is 2. The normalized spacial score (nSPS) is 16.5. The highest BCUT2D eigenvalue weighted by Crippen LogP contribution is 2.36. The molecule has 4 rings (SSSR count). The van der Waals surface area contributed by atoms with Gasteiger partial charge >= 0.3 is 6.09 Å². The second-order valence-corrected chi connectivity index (χ2v) is 8.99. The molecule has 2 heterocycles. The van der Waals surface area contributed by atoms with Crippen LogP contribution in [0, 0.1) is 0 Å². The molecule has 6 nitrogen and oxygen atoms in total. The Morgan fingerprint density at radius 1 is 1.10 bits per heavy atom. The zero-order valence-electron chi connectivity index (χ0n) is 18.5. The highest BCUT2D eigenvalue weighted by atomic mass is 16.6. The lowest BCUT2D eigenvalue weighted by atomic mass is 9.99. The largest absolute Gasteiger partial charge is 0.444 e. The molecule has 2 aromatic carbocycles. The first-order chi connectivity index (χ1) is 14.8. The fourth-order valence-electron chi connectivity index (χ4n) is 4.19. The van der Waals surface area contributed by atoms with Crippen LogP contribution in [0.25, 0.3) is 22.0 Å². The van der Waals surface area contributed by atoms with Gasteiger partial charge in [-0.15, -0.1) is 0 Å². The topological polar surface area (TPSA) is 74.4 Å². The number of ether oxygens (including phenoxy) is 1. The molecule has 1 atom stereocenters. The number of aromatic amines is 1. The smallest absolute Gasteiger partial charge is 0.410 e. The van der Waals surface area contributed by atoms with Crippen molar-refractivity contribution in [3.63, 3.8) is 0 Å². The van der Waals surface area contributed by atoms with Crippen molar-refractivity contribution in [3.05, 3.63) is 59.8 Å². The summed E-state index contributed by atoms with van der Waals surface area (Å²) in [5.41, 5.74) is 3.89. The molecule has 0 radical (unpaired) electrons. The van der Waals surface area contributed by atoms with Gasteiger partial charge in [0.2, 0.25) is 0 Å². The highest BCUT2D eigenvalue weighted by molar-refractivity contribution is 6.08. The average molecular weight is 420 g/mol. The number of H-pyrrole nitrogens is 1. The fourth-order valence-corrected chi connectivity index (χ4v) is 4.19. The van der Waals surface area contributed by atoms with Gasteiger partial charge in [-0.05, 0) is 62.9 Å². The summed E-state index contributed by atoms with van der Waals surface area (Å²) < 4.78 is 5.61. The van der Waals surface area contributed by atoms with E-state index in [2.05, 4.69) is 16.4 Å². The van der Waals surface area contributed by atoms with Crippen LogP contribution in [-0.4, -0.2) is 41.1 Å². The summed E-state index contributed by atoms with van der Waals surface area (Å²) in [5, 5.41) is 3.60. The minimum atomic E-state index is -0.540. The van der Waals surface area contributed by atoms with E-state index in [4.69, 9.17) is 4.74 Å². The predicted octanol–water partition coefficient (Wildman–Crippen LogP) is 5.27. The van der Waals surface area contributed by atoms with Gasteiger partial charge in [0, 0.05) is 35.8 Å². The van der Waals surface area contributed by atoms with E-state index in [0.29, 0.717) is 12.1 Å². The number of nitrogens with zero attached hydrogens (tertiary/aromatic N) is 1. The third kappa shape index (κ3) is 4.29. The fraction of sp³-hybridized carbons (Fsp3) is 0.360.